The molecule has 2 atom stereocenters. The Balaban J connectivity index is 0.671. The summed E-state index contributed by atoms with van der Waals surface area (Å²) < 4.78 is 14.0. The maximum Gasteiger partial charge on any atom is 0.266 e. The fraction of sp³-hybridized carbons (Fsp3) is 0.429. The summed E-state index contributed by atoms with van der Waals surface area (Å²) in [6.45, 7) is 6.35. The number of para-hydroxylation sites is 1. The monoisotopic (exact) mass is 896 g/mol. The average molecular weight is 897 g/mol. The highest BCUT2D eigenvalue weighted by Crippen LogP contribution is 2.38. The van der Waals surface area contributed by atoms with Crippen LogP contribution in [-0.2, 0) is 14.4 Å². The van der Waals surface area contributed by atoms with Crippen molar-refractivity contribution in [1.29, 1.82) is 0 Å². The molecule has 3 aromatic carbocycles. The lowest BCUT2D eigenvalue weighted by atomic mass is 9.90. The summed E-state index contributed by atoms with van der Waals surface area (Å²) in [6, 6.07) is 22.0. The summed E-state index contributed by atoms with van der Waals surface area (Å²) in [5.41, 5.74) is 9.09. The van der Waals surface area contributed by atoms with Gasteiger partial charge in [0, 0.05) is 50.7 Å². The van der Waals surface area contributed by atoms with Crippen LogP contribution in [0.5, 0.6) is 17.2 Å². The first kappa shape index (κ1) is 44.6. The minimum absolute atomic E-state index is 0.0229. The largest absolute Gasteiger partial charge is 0.481 e. The van der Waals surface area contributed by atoms with E-state index in [1.807, 2.05) is 54.6 Å². The van der Waals surface area contributed by atoms with Crippen molar-refractivity contribution in [3.63, 3.8) is 0 Å². The van der Waals surface area contributed by atoms with E-state index in [0.29, 0.717) is 24.7 Å². The van der Waals surface area contributed by atoms with E-state index >= 15 is 0 Å². The standard InChI is InChI=1S/C49H56N10O7/c50-45-43-44(32-13-19-36(20-14-32)65-35-9-4-3-5-10-35)55-59(46(43)53-31-52-45)34-17-15-33(16-18-34)57-27-25-56(26-28-57)24-7-2-1-6-23-51-29-37(30-60)66-40-12-8-11-38-42(40)49(64)58(48(38)63)39-21-22-41(61)54-47(39)62/h3-5,8-14,19-20,30-31,33-34,37,39,51H,1-2,6-7,15-18,21-29H2,(H2,50,52,53)(H,54,61,62)/t33-,34-,37?,39?. The van der Waals surface area contributed by atoms with E-state index in [-0.39, 0.29) is 42.3 Å². The van der Waals surface area contributed by atoms with Crippen LogP contribution in [-0.4, -0.2) is 128 Å². The normalized spacial score (nSPS) is 20.9. The summed E-state index contributed by atoms with van der Waals surface area (Å²) in [5, 5.41) is 11.4. The molecule has 3 fully saturated rings. The smallest absolute Gasteiger partial charge is 0.266 e. The second-order valence-electron chi connectivity index (χ2n) is 17.6. The van der Waals surface area contributed by atoms with Crippen molar-refractivity contribution in [2.24, 2.45) is 0 Å². The number of rotatable bonds is 18. The number of nitrogens with zero attached hydrogens (tertiary/aromatic N) is 7. The van der Waals surface area contributed by atoms with Gasteiger partial charge in [0.1, 0.15) is 41.1 Å². The molecule has 0 spiro atoms. The van der Waals surface area contributed by atoms with Gasteiger partial charge in [0.05, 0.1) is 22.6 Å². The number of aromatic nitrogens is 4. The van der Waals surface area contributed by atoms with Gasteiger partial charge < -0.3 is 25.4 Å². The fourth-order valence-corrected chi connectivity index (χ4v) is 9.82. The molecule has 4 amide bonds. The lowest BCUT2D eigenvalue weighted by Crippen LogP contribution is -2.54. The maximum atomic E-state index is 13.4. The summed E-state index contributed by atoms with van der Waals surface area (Å²) in [5.74, 6) is -0.357. The zero-order chi connectivity index (χ0) is 45.6. The third kappa shape index (κ3) is 9.69. The molecule has 9 rings (SSSR count). The van der Waals surface area contributed by atoms with E-state index in [1.54, 1.807) is 6.07 Å². The third-order valence-electron chi connectivity index (χ3n) is 13.3. The maximum absolute atomic E-state index is 13.4. The van der Waals surface area contributed by atoms with Gasteiger partial charge in [0.2, 0.25) is 11.8 Å². The van der Waals surface area contributed by atoms with Gasteiger partial charge in [-0.2, -0.15) is 5.10 Å². The summed E-state index contributed by atoms with van der Waals surface area (Å²) in [6.07, 6.45) is 9.94. The Bertz CT molecular complexity index is 2550. The molecule has 2 aromatic heterocycles. The molecule has 2 saturated heterocycles. The van der Waals surface area contributed by atoms with Crippen LogP contribution in [0, 0.1) is 0 Å². The Morgan fingerprint density at radius 2 is 1.55 bits per heavy atom. The number of hydrogen-bond acceptors (Lipinski definition) is 14. The number of aldehydes is 1. The lowest BCUT2D eigenvalue weighted by Gasteiger charge is -2.42. The van der Waals surface area contributed by atoms with Crippen molar-refractivity contribution < 1.29 is 33.4 Å². The number of amides is 4. The summed E-state index contributed by atoms with van der Waals surface area (Å²) in [7, 11) is 0. The van der Waals surface area contributed by atoms with E-state index in [4.69, 9.17) is 20.3 Å². The molecule has 1 aliphatic carbocycles. The predicted octanol–water partition coefficient (Wildman–Crippen LogP) is 5.17. The number of nitrogen functional groups attached to an aromatic ring is 1. The summed E-state index contributed by atoms with van der Waals surface area (Å²) in [4.78, 5) is 77.8. The van der Waals surface area contributed by atoms with Crippen molar-refractivity contribution in [3.8, 4) is 28.5 Å². The third-order valence-corrected chi connectivity index (χ3v) is 13.3. The Labute approximate surface area is 383 Å². The number of piperazine rings is 1. The van der Waals surface area contributed by atoms with E-state index in [1.165, 1.54) is 18.5 Å². The number of benzene rings is 3. The Hall–Kier alpha value is -6.56. The molecule has 17 nitrogen and oxygen atoms in total. The number of ether oxygens (including phenoxy) is 2. The van der Waals surface area contributed by atoms with Gasteiger partial charge in [-0.25, -0.2) is 14.6 Å². The van der Waals surface area contributed by atoms with Gasteiger partial charge >= 0.3 is 0 Å². The van der Waals surface area contributed by atoms with Gasteiger partial charge in [-0.05, 0) is 107 Å². The van der Waals surface area contributed by atoms with Gasteiger partial charge in [-0.1, -0.05) is 37.1 Å². The van der Waals surface area contributed by atoms with Crippen molar-refractivity contribution in [2.75, 3.05) is 51.5 Å². The van der Waals surface area contributed by atoms with E-state index in [0.717, 1.165) is 123 Å². The first-order valence-electron chi connectivity index (χ1n) is 23.2. The number of piperidine rings is 1. The molecule has 5 heterocycles. The molecule has 344 valence electrons. The SMILES string of the molecule is Nc1ncnc2c1c(-c1ccc(Oc3ccccc3)cc1)nn2[C@H]1CC[C@H](N2CCN(CCCCCCNCC(C=O)Oc3cccc4c3C(=O)N(C3CCC(=O)NC3=O)C4=O)CC2)CC1. The number of nitrogens with two attached hydrogens (primary N) is 1. The summed E-state index contributed by atoms with van der Waals surface area (Å²) >= 11 is 0. The number of imide groups is 2. The first-order chi connectivity index (χ1) is 32.2. The quantitative estimate of drug-likeness (QED) is 0.0590. The molecule has 1 saturated carbocycles. The van der Waals surface area contributed by atoms with Crippen molar-refractivity contribution in [2.45, 2.75) is 88.4 Å². The molecule has 4 aliphatic rings. The topological polar surface area (TPSA) is 207 Å². The number of unbranched alkanes of at least 4 members (excludes halogenated alkanes) is 3. The number of carbonyl (C=O) groups excluding carboxylic acids is 5. The van der Waals surface area contributed by atoms with E-state index in [9.17, 15) is 24.0 Å². The highest BCUT2D eigenvalue weighted by molar-refractivity contribution is 6.24. The van der Waals surface area contributed by atoms with E-state index < -0.39 is 35.8 Å². The van der Waals surface area contributed by atoms with Crippen molar-refractivity contribution >= 4 is 46.8 Å². The number of fused-ring (bicyclic) bond motifs is 2. The van der Waals surface area contributed by atoms with Crippen LogP contribution in [0.3, 0.4) is 0 Å². The Morgan fingerprint density at radius 3 is 2.30 bits per heavy atom. The predicted molar refractivity (Wildman–Crippen MR) is 246 cm³/mol. The first-order valence-corrected chi connectivity index (χ1v) is 23.2. The molecule has 5 aromatic rings. The molecule has 3 aliphatic heterocycles. The molecule has 66 heavy (non-hydrogen) atoms. The zero-order valence-electron chi connectivity index (χ0n) is 37.0. The number of anilines is 1. The van der Waals surface area contributed by atoms with Gasteiger partial charge in [-0.3, -0.25) is 39.1 Å². The minimum atomic E-state index is -1.08. The van der Waals surface area contributed by atoms with Gasteiger partial charge in [0.15, 0.2) is 18.0 Å². The zero-order valence-corrected chi connectivity index (χ0v) is 37.0. The molecule has 0 radical (unpaired) electrons. The molecule has 0 bridgehead atoms. The molecule has 17 heteroatoms. The average Bonchev–Trinajstić information content (AvgIpc) is 3.85. The molecular formula is C49H56N10O7. The van der Waals surface area contributed by atoms with Gasteiger partial charge in [-0.15, -0.1) is 0 Å². The fourth-order valence-electron chi connectivity index (χ4n) is 9.82. The minimum Gasteiger partial charge on any atom is -0.481 e. The Morgan fingerprint density at radius 1 is 0.803 bits per heavy atom. The number of nitrogens with one attached hydrogen (secondary N) is 2. The Kier molecular flexibility index (Phi) is 13.7. The highest BCUT2D eigenvalue weighted by atomic mass is 16.5. The van der Waals surface area contributed by atoms with Crippen LogP contribution in [0.15, 0.2) is 79.1 Å². The number of hydrogen-bond donors (Lipinski definition) is 3. The van der Waals surface area contributed by atoms with Crippen LogP contribution in [0.2, 0.25) is 0 Å². The van der Waals surface area contributed by atoms with Crippen LogP contribution >= 0.6 is 0 Å². The second kappa shape index (κ2) is 20.3. The lowest BCUT2D eigenvalue weighted by molar-refractivity contribution is -0.136. The van der Waals surface area contributed by atoms with Crippen LogP contribution in [0.4, 0.5) is 5.82 Å². The van der Waals surface area contributed by atoms with E-state index in [2.05, 4.69) is 35.1 Å². The van der Waals surface area contributed by atoms with Crippen LogP contribution in [0.1, 0.15) is 91.0 Å². The molecule has 2 unspecified atom stereocenters. The number of carbonyl (C=O) groups is 5. The van der Waals surface area contributed by atoms with Crippen LogP contribution in [0.25, 0.3) is 22.3 Å². The van der Waals surface area contributed by atoms with Crippen molar-refractivity contribution in [1.82, 2.24) is 45.1 Å². The van der Waals surface area contributed by atoms with Crippen molar-refractivity contribution in [3.05, 3.63) is 90.3 Å². The molecular weight excluding hydrogens is 841 g/mol. The van der Waals surface area contributed by atoms with Crippen LogP contribution < -0.4 is 25.8 Å². The van der Waals surface area contributed by atoms with Gasteiger partial charge in [0.25, 0.3) is 11.8 Å². The molecule has 4 N–H and O–H groups in total. The second-order valence-corrected chi connectivity index (χ2v) is 17.6. The highest BCUT2D eigenvalue weighted by Gasteiger charge is 2.46.